The summed E-state index contributed by atoms with van der Waals surface area (Å²) in [6.45, 7) is 25.7. The number of aryl methyl sites for hydroxylation is 1. The van der Waals surface area contributed by atoms with Crippen LogP contribution in [-0.4, -0.2) is 7.28 Å². The number of rotatable bonds is 4. The molecule has 324 valence electrons. The molecular formula is C61H61BN2O. The van der Waals surface area contributed by atoms with E-state index in [9.17, 15) is 0 Å². The van der Waals surface area contributed by atoms with Gasteiger partial charge in [-0.05, 0) is 127 Å². The second-order valence-electron chi connectivity index (χ2n) is 22.6. The Bertz CT molecular complexity index is 3410. The molecule has 1 N–H and O–H groups in total. The molecule has 0 saturated heterocycles. The van der Waals surface area contributed by atoms with Crippen molar-refractivity contribution < 1.29 is 4.42 Å². The highest BCUT2D eigenvalue weighted by atomic mass is 16.3. The van der Waals surface area contributed by atoms with Crippen LogP contribution in [-0.2, 0) is 21.7 Å². The first-order valence-electron chi connectivity index (χ1n) is 23.8. The molecule has 2 heterocycles. The summed E-state index contributed by atoms with van der Waals surface area (Å²) in [7, 11) is 0.777. The van der Waals surface area contributed by atoms with E-state index in [0.29, 0.717) is 0 Å². The van der Waals surface area contributed by atoms with E-state index in [1.54, 1.807) is 0 Å². The van der Waals surface area contributed by atoms with Gasteiger partial charge in [0, 0.05) is 55.9 Å². The zero-order valence-electron chi connectivity index (χ0n) is 40.2. The third-order valence-electron chi connectivity index (χ3n) is 15.1. The molecule has 2 aliphatic rings. The Morgan fingerprint density at radius 3 is 1.86 bits per heavy atom. The van der Waals surface area contributed by atoms with Crippen LogP contribution in [0, 0.1) is 6.92 Å². The summed E-state index contributed by atoms with van der Waals surface area (Å²) in [5, 5.41) is 11.3. The lowest BCUT2D eigenvalue weighted by atomic mass is 9.57. The molecule has 0 fully saturated rings. The molecule has 9 aromatic rings. The smallest absolute Gasteiger partial charge is 0.198 e. The van der Waals surface area contributed by atoms with Gasteiger partial charge in [0.1, 0.15) is 11.2 Å². The van der Waals surface area contributed by atoms with Gasteiger partial charge in [0.15, 0.2) is 7.28 Å². The summed E-state index contributed by atoms with van der Waals surface area (Å²) in [6, 6.07) is 50.7. The largest absolute Gasteiger partial charge is 0.456 e. The van der Waals surface area contributed by atoms with Gasteiger partial charge in [-0.1, -0.05) is 166 Å². The summed E-state index contributed by atoms with van der Waals surface area (Å²) in [5.74, 6) is 0. The average molecular weight is 849 g/mol. The van der Waals surface area contributed by atoms with Gasteiger partial charge >= 0.3 is 0 Å². The molecule has 8 aromatic carbocycles. The van der Waals surface area contributed by atoms with Crippen LogP contribution < -0.4 is 21.1 Å². The fourth-order valence-electron chi connectivity index (χ4n) is 11.1. The molecule has 0 saturated carbocycles. The zero-order chi connectivity index (χ0) is 45.4. The van der Waals surface area contributed by atoms with Crippen LogP contribution in [0.3, 0.4) is 0 Å². The molecular weight excluding hydrogens is 787 g/mol. The molecule has 0 bridgehead atoms. The maximum atomic E-state index is 7.00. The third-order valence-corrected chi connectivity index (χ3v) is 15.1. The molecule has 4 heteroatoms. The van der Waals surface area contributed by atoms with Gasteiger partial charge in [-0.3, -0.25) is 0 Å². The van der Waals surface area contributed by atoms with Gasteiger partial charge in [0.25, 0.3) is 0 Å². The number of furan rings is 1. The van der Waals surface area contributed by atoms with Crippen LogP contribution in [0.1, 0.15) is 110 Å². The summed E-state index contributed by atoms with van der Waals surface area (Å²) in [4.78, 5) is 2.57. The van der Waals surface area contributed by atoms with Gasteiger partial charge in [-0.15, -0.1) is 0 Å². The monoisotopic (exact) mass is 848 g/mol. The predicted molar refractivity (Wildman–Crippen MR) is 282 cm³/mol. The highest BCUT2D eigenvalue weighted by Gasteiger charge is 2.38. The van der Waals surface area contributed by atoms with Crippen LogP contribution in [0.25, 0.3) is 54.6 Å². The van der Waals surface area contributed by atoms with E-state index in [-0.39, 0.29) is 21.7 Å². The van der Waals surface area contributed by atoms with Crippen molar-refractivity contribution in [1.29, 1.82) is 0 Å². The number of hydrogen-bond donors (Lipinski definition) is 1. The van der Waals surface area contributed by atoms with E-state index in [0.717, 1.165) is 29.8 Å². The highest BCUT2D eigenvalue weighted by molar-refractivity contribution is 6.74. The standard InChI is InChI=1S/C61H61BN2O/c1-36-30-40(59(5,6)7)23-27-51(36)64-52-35-54-46(45-32-48-49(34-53(45)65-54)61(10,11)29-28-60(48,8)9)33-50(52)62-55-47(31-38-17-13-15-19-43(38)57(55)64)44-26-20-37-16-12-14-18-42(37)56(44)63-41-24-21-39(22-25-41)58(2,3)4/h12-27,30-35,62-63H,28-29H2,1-11H3. The molecule has 11 rings (SSSR count). The number of nitrogens with zero attached hydrogens (tertiary/aromatic N) is 1. The summed E-state index contributed by atoms with van der Waals surface area (Å²) < 4.78 is 7.00. The fourth-order valence-corrected chi connectivity index (χ4v) is 11.1. The minimum absolute atomic E-state index is 0.0240. The van der Waals surface area contributed by atoms with Crippen molar-refractivity contribution in [3.8, 4) is 11.1 Å². The lowest BCUT2D eigenvalue weighted by Crippen LogP contribution is -2.41. The van der Waals surface area contributed by atoms with Crippen molar-refractivity contribution in [3.63, 3.8) is 0 Å². The second kappa shape index (κ2) is 14.4. The first kappa shape index (κ1) is 41.4. The van der Waals surface area contributed by atoms with Crippen molar-refractivity contribution in [3.05, 3.63) is 161 Å². The predicted octanol–water partition coefficient (Wildman–Crippen LogP) is 15.7. The van der Waals surface area contributed by atoms with Crippen molar-refractivity contribution in [1.82, 2.24) is 0 Å². The molecule has 3 nitrogen and oxygen atoms in total. The maximum absolute atomic E-state index is 7.00. The van der Waals surface area contributed by atoms with Crippen molar-refractivity contribution in [2.45, 2.75) is 111 Å². The molecule has 0 unspecified atom stereocenters. The zero-order valence-corrected chi connectivity index (χ0v) is 40.2. The number of benzene rings is 8. The topological polar surface area (TPSA) is 28.4 Å². The SMILES string of the molecule is Cc1cc(C(C)(C)C)ccc1N1c2cc3oc4cc5c(cc4c3cc2Bc2c(-c3ccc4ccccc4c3Nc3ccc(C(C)(C)C)cc3)cc3ccccc3c21)C(C)(C)CCC5(C)C. The van der Waals surface area contributed by atoms with Gasteiger partial charge in [0.05, 0.1) is 5.69 Å². The number of anilines is 5. The van der Waals surface area contributed by atoms with Crippen LogP contribution >= 0.6 is 0 Å². The molecule has 0 spiro atoms. The van der Waals surface area contributed by atoms with Crippen molar-refractivity contribution >= 4 is 90.1 Å². The number of nitrogens with one attached hydrogen (secondary N) is 1. The first-order valence-corrected chi connectivity index (χ1v) is 23.8. The fraction of sp³-hybridized carbons (Fsp3) is 0.279. The molecule has 1 aliphatic carbocycles. The molecule has 0 atom stereocenters. The Labute approximate surface area is 386 Å². The average Bonchev–Trinajstić information content (AvgIpc) is 3.62. The Kier molecular flexibility index (Phi) is 9.16. The van der Waals surface area contributed by atoms with Crippen LogP contribution in [0.4, 0.5) is 28.4 Å². The molecule has 0 amide bonds. The van der Waals surface area contributed by atoms with Crippen LogP contribution in [0.5, 0.6) is 0 Å². The lowest BCUT2D eigenvalue weighted by Gasteiger charge is -2.41. The van der Waals surface area contributed by atoms with Gasteiger partial charge in [-0.2, -0.15) is 0 Å². The van der Waals surface area contributed by atoms with Crippen LogP contribution in [0.15, 0.2) is 138 Å². The Hall–Kier alpha value is -6.26. The van der Waals surface area contributed by atoms with Crippen molar-refractivity contribution in [2.24, 2.45) is 0 Å². The van der Waals surface area contributed by atoms with Crippen molar-refractivity contribution in [2.75, 3.05) is 10.2 Å². The van der Waals surface area contributed by atoms with E-state index in [2.05, 4.69) is 220 Å². The summed E-state index contributed by atoms with van der Waals surface area (Å²) in [5.41, 5.74) is 19.9. The Morgan fingerprint density at radius 1 is 0.554 bits per heavy atom. The van der Waals surface area contributed by atoms with E-state index in [1.165, 1.54) is 112 Å². The van der Waals surface area contributed by atoms with E-state index in [4.69, 9.17) is 4.42 Å². The Morgan fingerprint density at radius 2 is 1.17 bits per heavy atom. The lowest BCUT2D eigenvalue weighted by molar-refractivity contribution is 0.332. The highest BCUT2D eigenvalue weighted by Crippen LogP contribution is 2.50. The number of hydrogen-bond acceptors (Lipinski definition) is 3. The second-order valence-corrected chi connectivity index (χ2v) is 22.6. The van der Waals surface area contributed by atoms with E-state index < -0.39 is 0 Å². The van der Waals surface area contributed by atoms with Gasteiger partial charge in [-0.25, -0.2) is 0 Å². The van der Waals surface area contributed by atoms with Gasteiger partial charge < -0.3 is 14.6 Å². The minimum Gasteiger partial charge on any atom is -0.456 e. The number of fused-ring (bicyclic) bond motifs is 9. The summed E-state index contributed by atoms with van der Waals surface area (Å²) >= 11 is 0. The first-order chi connectivity index (χ1) is 30.9. The molecule has 0 radical (unpaired) electrons. The molecule has 1 aliphatic heterocycles. The quantitative estimate of drug-likeness (QED) is 0.179. The van der Waals surface area contributed by atoms with E-state index >= 15 is 0 Å². The Balaban J connectivity index is 1.19. The minimum atomic E-state index is 0.0240. The van der Waals surface area contributed by atoms with Crippen LogP contribution in [0.2, 0.25) is 0 Å². The third kappa shape index (κ3) is 6.78. The summed E-state index contributed by atoms with van der Waals surface area (Å²) in [6.07, 6.45) is 2.34. The van der Waals surface area contributed by atoms with E-state index in [1.807, 2.05) is 0 Å². The normalized spacial score (nSPS) is 15.5. The van der Waals surface area contributed by atoms with Gasteiger partial charge in [0.2, 0.25) is 0 Å². The molecule has 65 heavy (non-hydrogen) atoms. The molecule has 1 aromatic heterocycles. The maximum Gasteiger partial charge on any atom is 0.198 e.